The predicted molar refractivity (Wildman–Crippen MR) is 75.1 cm³/mol. The maximum absolute atomic E-state index is 11.3. The second-order valence-electron chi connectivity index (χ2n) is 5.88. The highest BCUT2D eigenvalue weighted by Gasteiger charge is 2.46. The summed E-state index contributed by atoms with van der Waals surface area (Å²) in [5.41, 5.74) is -0.610. The molecule has 0 heterocycles. The lowest BCUT2D eigenvalue weighted by Crippen LogP contribution is -2.59. The Morgan fingerprint density at radius 1 is 1.52 bits per heavy atom. The van der Waals surface area contributed by atoms with Gasteiger partial charge in [-0.05, 0) is 12.0 Å². The minimum absolute atomic E-state index is 0.0495. The number of carboxylic acid groups (broad SMARTS) is 1. The third-order valence-electron chi connectivity index (χ3n) is 4.29. The van der Waals surface area contributed by atoms with Gasteiger partial charge in [-0.2, -0.15) is 0 Å². The van der Waals surface area contributed by atoms with Gasteiger partial charge in [0.1, 0.15) is 5.56 Å². The molecule has 1 fully saturated rings. The lowest BCUT2D eigenvalue weighted by Gasteiger charge is -2.49. The van der Waals surface area contributed by atoms with Crippen LogP contribution in [0.2, 0.25) is 0 Å². The summed E-state index contributed by atoms with van der Waals surface area (Å²) < 4.78 is 0. The van der Waals surface area contributed by atoms with E-state index in [-0.39, 0.29) is 29.7 Å². The molecule has 2 rings (SSSR count). The number of nitro benzene ring substituents is 1. The Labute approximate surface area is 121 Å². The van der Waals surface area contributed by atoms with Gasteiger partial charge in [0.25, 0.3) is 5.69 Å². The van der Waals surface area contributed by atoms with Crippen LogP contribution in [0.25, 0.3) is 0 Å². The van der Waals surface area contributed by atoms with Crippen LogP contribution < -0.4 is 5.32 Å². The third kappa shape index (κ3) is 2.74. The monoisotopic (exact) mass is 294 g/mol. The summed E-state index contributed by atoms with van der Waals surface area (Å²) in [5.74, 6) is -1.31. The van der Waals surface area contributed by atoms with Gasteiger partial charge in [-0.15, -0.1) is 0 Å². The molecule has 1 aliphatic carbocycles. The smallest absolute Gasteiger partial charge is 0.343 e. The van der Waals surface area contributed by atoms with Crippen molar-refractivity contribution in [1.29, 1.82) is 0 Å². The maximum Gasteiger partial charge on any atom is 0.343 e. The summed E-state index contributed by atoms with van der Waals surface area (Å²) in [6, 6.07) is 4.27. The average Bonchev–Trinajstić information content (AvgIpc) is 2.42. The summed E-state index contributed by atoms with van der Waals surface area (Å²) in [5, 5.41) is 33.0. The number of nitro groups is 1. The Balaban J connectivity index is 2.19. The molecule has 0 aliphatic heterocycles. The van der Waals surface area contributed by atoms with Gasteiger partial charge in [-0.1, -0.05) is 26.0 Å². The molecule has 0 radical (unpaired) electrons. The Hall–Kier alpha value is -1.99. The van der Waals surface area contributed by atoms with Gasteiger partial charge in [-0.3, -0.25) is 10.1 Å². The first-order valence-electron chi connectivity index (χ1n) is 6.66. The van der Waals surface area contributed by atoms with E-state index in [1.54, 1.807) is 6.07 Å². The maximum atomic E-state index is 11.3. The second-order valence-corrected chi connectivity index (χ2v) is 5.88. The number of carbonyl (C=O) groups is 1. The quantitative estimate of drug-likeness (QED) is 0.561. The molecule has 1 aliphatic rings. The zero-order chi connectivity index (χ0) is 15.8. The van der Waals surface area contributed by atoms with Crippen LogP contribution in [-0.2, 0) is 6.54 Å². The molecule has 114 valence electrons. The molecule has 0 aromatic heterocycles. The van der Waals surface area contributed by atoms with Crippen molar-refractivity contribution in [2.75, 3.05) is 0 Å². The van der Waals surface area contributed by atoms with Gasteiger partial charge >= 0.3 is 5.97 Å². The molecule has 1 aromatic carbocycles. The molecule has 2 unspecified atom stereocenters. The number of aliphatic hydroxyl groups excluding tert-OH is 1. The number of carboxylic acids is 1. The standard InChI is InChI=1S/C14H18N2O5/c1-14(2)10(6-11(14)17)15-7-8-4-3-5-9(16(20)21)12(8)13(18)19/h3-5,10-11,15,17H,6-7H2,1-2H3,(H,18,19). The van der Waals surface area contributed by atoms with Crippen LogP contribution in [-0.4, -0.2) is 33.3 Å². The van der Waals surface area contributed by atoms with E-state index in [1.165, 1.54) is 12.1 Å². The molecule has 2 atom stereocenters. The van der Waals surface area contributed by atoms with E-state index in [4.69, 9.17) is 0 Å². The van der Waals surface area contributed by atoms with E-state index in [1.807, 2.05) is 13.8 Å². The molecule has 0 spiro atoms. The molecule has 0 amide bonds. The number of rotatable bonds is 5. The Morgan fingerprint density at radius 3 is 2.67 bits per heavy atom. The lowest BCUT2D eigenvalue weighted by atomic mass is 9.64. The first-order chi connectivity index (χ1) is 9.75. The van der Waals surface area contributed by atoms with Crippen LogP contribution in [0.1, 0.15) is 36.2 Å². The Bertz CT molecular complexity index is 585. The van der Waals surface area contributed by atoms with Gasteiger partial charge in [0.2, 0.25) is 0 Å². The number of hydrogen-bond acceptors (Lipinski definition) is 5. The first kappa shape index (κ1) is 15.4. The highest BCUT2D eigenvalue weighted by Crippen LogP contribution is 2.40. The fourth-order valence-electron chi connectivity index (χ4n) is 2.61. The molecule has 0 saturated heterocycles. The van der Waals surface area contributed by atoms with E-state index >= 15 is 0 Å². The second kappa shape index (κ2) is 5.42. The van der Waals surface area contributed by atoms with Crippen LogP contribution >= 0.6 is 0 Å². The van der Waals surface area contributed by atoms with Gasteiger partial charge in [0.05, 0.1) is 11.0 Å². The molecule has 1 saturated carbocycles. The van der Waals surface area contributed by atoms with Crippen molar-refractivity contribution in [3.8, 4) is 0 Å². The zero-order valence-electron chi connectivity index (χ0n) is 11.9. The summed E-state index contributed by atoms with van der Waals surface area (Å²) in [6.07, 6.45) is 0.198. The number of hydrogen-bond donors (Lipinski definition) is 3. The molecule has 21 heavy (non-hydrogen) atoms. The SMILES string of the molecule is CC1(C)C(O)CC1NCc1cccc([N+](=O)[O-])c1C(=O)O. The summed E-state index contributed by atoms with van der Waals surface area (Å²) in [7, 11) is 0. The topological polar surface area (TPSA) is 113 Å². The van der Waals surface area contributed by atoms with Crippen molar-refractivity contribution in [3.63, 3.8) is 0 Å². The normalized spacial score (nSPS) is 23.4. The highest BCUT2D eigenvalue weighted by atomic mass is 16.6. The highest BCUT2D eigenvalue weighted by molar-refractivity contribution is 5.94. The molecule has 0 bridgehead atoms. The van der Waals surface area contributed by atoms with Crippen molar-refractivity contribution in [2.24, 2.45) is 5.41 Å². The Kier molecular flexibility index (Phi) is 3.97. The molecular weight excluding hydrogens is 276 g/mol. The predicted octanol–water partition coefficient (Wildman–Crippen LogP) is 1.54. The fraction of sp³-hybridized carbons (Fsp3) is 0.500. The van der Waals surface area contributed by atoms with Gasteiger partial charge in [-0.25, -0.2) is 4.79 Å². The Morgan fingerprint density at radius 2 is 2.19 bits per heavy atom. The van der Waals surface area contributed by atoms with E-state index in [0.29, 0.717) is 12.0 Å². The van der Waals surface area contributed by atoms with Crippen molar-refractivity contribution in [1.82, 2.24) is 5.32 Å². The number of nitrogens with one attached hydrogen (secondary N) is 1. The van der Waals surface area contributed by atoms with Crippen LogP contribution in [0.3, 0.4) is 0 Å². The minimum atomic E-state index is -1.31. The number of aliphatic hydroxyl groups is 1. The number of aromatic carboxylic acids is 1. The fourth-order valence-corrected chi connectivity index (χ4v) is 2.61. The van der Waals surface area contributed by atoms with Crippen molar-refractivity contribution in [2.45, 2.75) is 39.0 Å². The summed E-state index contributed by atoms with van der Waals surface area (Å²) in [6.45, 7) is 4.05. The van der Waals surface area contributed by atoms with Gasteiger partial charge in [0, 0.05) is 24.1 Å². The van der Waals surface area contributed by atoms with Crippen LogP contribution in [0, 0.1) is 15.5 Å². The van der Waals surface area contributed by atoms with E-state index in [0.717, 1.165) is 0 Å². The van der Waals surface area contributed by atoms with E-state index in [9.17, 15) is 25.1 Å². The molecule has 7 heteroatoms. The lowest BCUT2D eigenvalue weighted by molar-refractivity contribution is -0.385. The van der Waals surface area contributed by atoms with E-state index in [2.05, 4.69) is 5.32 Å². The molecular formula is C14H18N2O5. The first-order valence-corrected chi connectivity index (χ1v) is 6.66. The average molecular weight is 294 g/mol. The van der Waals surface area contributed by atoms with Gasteiger partial charge < -0.3 is 15.5 Å². The third-order valence-corrected chi connectivity index (χ3v) is 4.29. The number of nitrogens with zero attached hydrogens (tertiary/aromatic N) is 1. The summed E-state index contributed by atoms with van der Waals surface area (Å²) >= 11 is 0. The largest absolute Gasteiger partial charge is 0.477 e. The molecule has 3 N–H and O–H groups in total. The molecule has 7 nitrogen and oxygen atoms in total. The van der Waals surface area contributed by atoms with Gasteiger partial charge in [0.15, 0.2) is 0 Å². The van der Waals surface area contributed by atoms with Crippen molar-refractivity contribution < 1.29 is 19.9 Å². The molecule has 1 aromatic rings. The van der Waals surface area contributed by atoms with Crippen LogP contribution in [0.15, 0.2) is 18.2 Å². The van der Waals surface area contributed by atoms with Crippen LogP contribution in [0.4, 0.5) is 5.69 Å². The van der Waals surface area contributed by atoms with Crippen molar-refractivity contribution >= 4 is 11.7 Å². The van der Waals surface area contributed by atoms with Crippen molar-refractivity contribution in [3.05, 3.63) is 39.4 Å². The number of benzene rings is 1. The van der Waals surface area contributed by atoms with E-state index < -0.39 is 16.6 Å². The van der Waals surface area contributed by atoms with Crippen LogP contribution in [0.5, 0.6) is 0 Å². The summed E-state index contributed by atoms with van der Waals surface area (Å²) in [4.78, 5) is 21.5. The minimum Gasteiger partial charge on any atom is -0.477 e. The zero-order valence-corrected chi connectivity index (χ0v) is 11.9.